The van der Waals surface area contributed by atoms with Gasteiger partial charge in [-0.15, -0.1) is 0 Å². The molecule has 1 fully saturated rings. The Balaban J connectivity index is 1.65. The van der Waals surface area contributed by atoms with E-state index in [4.69, 9.17) is 4.98 Å². The van der Waals surface area contributed by atoms with Gasteiger partial charge >= 0.3 is 0 Å². The average Bonchev–Trinajstić information content (AvgIpc) is 3.27. The molecule has 2 aromatic heterocycles. The van der Waals surface area contributed by atoms with Crippen LogP contribution in [0.25, 0.3) is 10.9 Å². The summed E-state index contributed by atoms with van der Waals surface area (Å²) in [6.45, 7) is 2.80. The van der Waals surface area contributed by atoms with Gasteiger partial charge in [0, 0.05) is 26.0 Å². The van der Waals surface area contributed by atoms with Crippen molar-refractivity contribution < 1.29 is 0 Å². The summed E-state index contributed by atoms with van der Waals surface area (Å²) in [4.78, 5) is 19.9. The van der Waals surface area contributed by atoms with Crippen molar-refractivity contribution in [1.82, 2.24) is 24.2 Å². The number of fused-ring (bicyclic) bond motifs is 1. The van der Waals surface area contributed by atoms with E-state index in [1.807, 2.05) is 48.3 Å². The van der Waals surface area contributed by atoms with Gasteiger partial charge in [-0.25, -0.2) is 4.98 Å². The summed E-state index contributed by atoms with van der Waals surface area (Å²) in [6, 6.07) is 9.72. The molecule has 1 atom stereocenters. The van der Waals surface area contributed by atoms with Crippen molar-refractivity contribution in [3.05, 3.63) is 58.9 Å². The fourth-order valence-electron chi connectivity index (χ4n) is 3.58. The molecule has 6 heteroatoms. The minimum absolute atomic E-state index is 0.0366. The van der Waals surface area contributed by atoms with Crippen LogP contribution >= 0.6 is 0 Å². The quantitative estimate of drug-likeness (QED) is 0.736. The molecule has 0 N–H and O–H groups in total. The Hall–Kier alpha value is -2.47. The van der Waals surface area contributed by atoms with Gasteiger partial charge in [-0.1, -0.05) is 12.1 Å². The highest BCUT2D eigenvalue weighted by Crippen LogP contribution is 2.30. The molecule has 0 bridgehead atoms. The lowest BCUT2D eigenvalue weighted by atomic mass is 10.1. The molecule has 124 valence electrons. The molecule has 0 amide bonds. The van der Waals surface area contributed by atoms with Gasteiger partial charge in [-0.3, -0.25) is 18.9 Å². The molecule has 1 aliphatic heterocycles. The molecule has 6 nitrogen and oxygen atoms in total. The van der Waals surface area contributed by atoms with Gasteiger partial charge in [-0.05, 0) is 37.6 Å². The minimum Gasteiger partial charge on any atom is -0.298 e. The molecular formula is C18H21N5O. The monoisotopic (exact) mass is 323 g/mol. The van der Waals surface area contributed by atoms with Crippen LogP contribution in [0.3, 0.4) is 0 Å². The molecule has 0 spiro atoms. The smallest absolute Gasteiger partial charge is 0.261 e. The van der Waals surface area contributed by atoms with E-state index in [0.29, 0.717) is 5.39 Å². The Kier molecular flexibility index (Phi) is 3.90. The highest BCUT2D eigenvalue weighted by Gasteiger charge is 2.29. The van der Waals surface area contributed by atoms with Crippen molar-refractivity contribution in [2.24, 2.45) is 7.05 Å². The first-order chi connectivity index (χ1) is 11.7. The molecule has 3 heterocycles. The van der Waals surface area contributed by atoms with Crippen molar-refractivity contribution in [2.75, 3.05) is 13.1 Å². The normalized spacial score (nSPS) is 18.5. The van der Waals surface area contributed by atoms with Crippen molar-refractivity contribution in [1.29, 1.82) is 0 Å². The Morgan fingerprint density at radius 2 is 2.08 bits per heavy atom. The standard InChI is InChI=1S/C18H21N5O/c1-21-17(20-15-7-3-2-6-14(15)18(21)24)16-8-4-10-22(16)12-13-23-11-5-9-19-23/h2-3,5-7,9,11,16H,4,8,10,12-13H2,1H3. The van der Waals surface area contributed by atoms with Crippen molar-refractivity contribution >= 4 is 10.9 Å². The summed E-state index contributed by atoms with van der Waals surface area (Å²) in [5.41, 5.74) is 0.823. The Bertz CT molecular complexity index is 899. The van der Waals surface area contributed by atoms with Gasteiger partial charge in [0.1, 0.15) is 5.82 Å². The van der Waals surface area contributed by atoms with Crippen LogP contribution in [0.4, 0.5) is 0 Å². The van der Waals surface area contributed by atoms with Gasteiger partial charge < -0.3 is 0 Å². The summed E-state index contributed by atoms with van der Waals surface area (Å²) >= 11 is 0. The first-order valence-corrected chi connectivity index (χ1v) is 8.41. The number of nitrogens with zero attached hydrogens (tertiary/aromatic N) is 5. The first-order valence-electron chi connectivity index (χ1n) is 8.41. The van der Waals surface area contributed by atoms with Crippen LogP contribution in [0.2, 0.25) is 0 Å². The van der Waals surface area contributed by atoms with E-state index >= 15 is 0 Å². The second kappa shape index (κ2) is 6.20. The maximum Gasteiger partial charge on any atom is 0.261 e. The summed E-state index contributed by atoms with van der Waals surface area (Å²) in [7, 11) is 1.83. The lowest BCUT2D eigenvalue weighted by molar-refractivity contribution is 0.231. The minimum atomic E-state index is 0.0366. The van der Waals surface area contributed by atoms with E-state index in [1.54, 1.807) is 10.8 Å². The molecule has 4 rings (SSSR count). The average molecular weight is 323 g/mol. The summed E-state index contributed by atoms with van der Waals surface area (Å²) in [6.07, 6.45) is 5.95. The van der Waals surface area contributed by atoms with E-state index < -0.39 is 0 Å². The third kappa shape index (κ3) is 2.63. The number of hydrogen-bond acceptors (Lipinski definition) is 4. The molecule has 3 aromatic rings. The van der Waals surface area contributed by atoms with Gasteiger partial charge in [0.15, 0.2) is 0 Å². The Labute approximate surface area is 140 Å². The van der Waals surface area contributed by atoms with Gasteiger partial charge in [0.25, 0.3) is 5.56 Å². The highest BCUT2D eigenvalue weighted by atomic mass is 16.1. The van der Waals surface area contributed by atoms with E-state index in [2.05, 4.69) is 10.00 Å². The Morgan fingerprint density at radius 1 is 1.21 bits per heavy atom. The molecule has 1 unspecified atom stereocenters. The highest BCUT2D eigenvalue weighted by molar-refractivity contribution is 5.77. The molecule has 0 saturated carbocycles. The Morgan fingerprint density at radius 3 is 2.92 bits per heavy atom. The zero-order valence-corrected chi connectivity index (χ0v) is 13.8. The number of para-hydroxylation sites is 1. The number of benzene rings is 1. The zero-order chi connectivity index (χ0) is 16.5. The van der Waals surface area contributed by atoms with Crippen molar-refractivity contribution in [3.8, 4) is 0 Å². The van der Waals surface area contributed by atoms with Crippen LogP contribution in [0.1, 0.15) is 24.7 Å². The van der Waals surface area contributed by atoms with Crippen LogP contribution in [-0.2, 0) is 13.6 Å². The fraction of sp³-hybridized carbons (Fsp3) is 0.389. The topological polar surface area (TPSA) is 56.0 Å². The second-order valence-corrected chi connectivity index (χ2v) is 6.31. The molecule has 24 heavy (non-hydrogen) atoms. The van der Waals surface area contributed by atoms with E-state index in [9.17, 15) is 4.79 Å². The van der Waals surface area contributed by atoms with E-state index in [0.717, 1.165) is 43.8 Å². The number of hydrogen-bond donors (Lipinski definition) is 0. The first kappa shape index (κ1) is 15.1. The SMILES string of the molecule is Cn1c(C2CCCN2CCn2cccn2)nc2ccccc2c1=O. The summed E-state index contributed by atoms with van der Waals surface area (Å²) < 4.78 is 3.67. The number of likely N-dealkylation sites (tertiary alicyclic amines) is 1. The molecule has 1 saturated heterocycles. The largest absolute Gasteiger partial charge is 0.298 e. The van der Waals surface area contributed by atoms with Gasteiger partial charge in [0.2, 0.25) is 0 Å². The van der Waals surface area contributed by atoms with Crippen LogP contribution in [0, 0.1) is 0 Å². The van der Waals surface area contributed by atoms with Gasteiger partial charge in [-0.2, -0.15) is 5.10 Å². The van der Waals surface area contributed by atoms with Crippen LogP contribution in [0.5, 0.6) is 0 Å². The predicted molar refractivity (Wildman–Crippen MR) is 92.8 cm³/mol. The van der Waals surface area contributed by atoms with Crippen molar-refractivity contribution in [3.63, 3.8) is 0 Å². The van der Waals surface area contributed by atoms with E-state index in [-0.39, 0.29) is 11.6 Å². The third-order valence-electron chi connectivity index (χ3n) is 4.85. The molecule has 1 aromatic carbocycles. The summed E-state index contributed by atoms with van der Waals surface area (Å²) in [5, 5.41) is 4.95. The van der Waals surface area contributed by atoms with Crippen LogP contribution in [0.15, 0.2) is 47.5 Å². The zero-order valence-electron chi connectivity index (χ0n) is 13.8. The molecule has 1 aliphatic rings. The maximum atomic E-state index is 12.6. The fourth-order valence-corrected chi connectivity index (χ4v) is 3.58. The summed E-state index contributed by atoms with van der Waals surface area (Å²) in [5.74, 6) is 0.872. The predicted octanol–water partition coefficient (Wildman–Crippen LogP) is 1.97. The number of aromatic nitrogens is 4. The van der Waals surface area contributed by atoms with Crippen molar-refractivity contribution in [2.45, 2.75) is 25.4 Å². The number of rotatable bonds is 4. The van der Waals surface area contributed by atoms with Gasteiger partial charge in [0.05, 0.1) is 23.5 Å². The van der Waals surface area contributed by atoms with E-state index in [1.165, 1.54) is 0 Å². The maximum absolute atomic E-state index is 12.6. The van der Waals surface area contributed by atoms with Crippen LogP contribution < -0.4 is 5.56 Å². The molecule has 0 aliphatic carbocycles. The molecule has 0 radical (unpaired) electrons. The lowest BCUT2D eigenvalue weighted by Gasteiger charge is -2.25. The third-order valence-corrected chi connectivity index (χ3v) is 4.85. The second-order valence-electron chi connectivity index (χ2n) is 6.31. The lowest BCUT2D eigenvalue weighted by Crippen LogP contribution is -2.32. The molecular weight excluding hydrogens is 302 g/mol. The van der Waals surface area contributed by atoms with Crippen LogP contribution in [-0.4, -0.2) is 37.3 Å².